The maximum Gasteiger partial charge on any atom is 0.274 e. The number of amides is 1. The van der Waals surface area contributed by atoms with Crippen LogP contribution in [-0.4, -0.2) is 29.0 Å². The quantitative estimate of drug-likeness (QED) is 0.911. The summed E-state index contributed by atoms with van der Waals surface area (Å²) in [5, 5.41) is 3.54. The van der Waals surface area contributed by atoms with Gasteiger partial charge < -0.3 is 10.2 Å². The summed E-state index contributed by atoms with van der Waals surface area (Å²) in [6.45, 7) is 3.87. The van der Waals surface area contributed by atoms with Crippen LogP contribution in [0.2, 0.25) is 5.02 Å². The van der Waals surface area contributed by atoms with Crippen molar-refractivity contribution in [3.8, 4) is 0 Å². The summed E-state index contributed by atoms with van der Waals surface area (Å²) in [4.78, 5) is 23.2. The van der Waals surface area contributed by atoms with E-state index < -0.39 is 0 Å². The maximum atomic E-state index is 12.5. The fourth-order valence-electron chi connectivity index (χ4n) is 2.90. The molecular weight excluding hydrogens is 324 g/mol. The first-order valence-corrected chi connectivity index (χ1v) is 8.66. The van der Waals surface area contributed by atoms with Crippen LogP contribution in [0, 0.1) is 6.92 Å². The molecule has 0 radical (unpaired) electrons. The Morgan fingerprint density at radius 1 is 1.12 bits per heavy atom. The van der Waals surface area contributed by atoms with Crippen LogP contribution < -0.4 is 10.2 Å². The lowest BCUT2D eigenvalue weighted by atomic mass is 10.2. The van der Waals surface area contributed by atoms with Crippen LogP contribution in [0.3, 0.4) is 0 Å². The van der Waals surface area contributed by atoms with Crippen LogP contribution in [0.1, 0.15) is 41.7 Å². The van der Waals surface area contributed by atoms with Gasteiger partial charge in [-0.3, -0.25) is 4.79 Å². The Kier molecular flexibility index (Phi) is 5.30. The van der Waals surface area contributed by atoms with Gasteiger partial charge in [0.2, 0.25) is 0 Å². The number of carbonyl (C=O) groups is 1. The molecule has 1 aromatic heterocycles. The van der Waals surface area contributed by atoms with Crippen molar-refractivity contribution in [2.45, 2.75) is 32.6 Å². The van der Waals surface area contributed by atoms with Gasteiger partial charge in [0.1, 0.15) is 17.8 Å². The molecule has 6 heteroatoms. The Hall–Kier alpha value is -2.14. The van der Waals surface area contributed by atoms with E-state index >= 15 is 0 Å². The normalized spacial score (nSPS) is 15.0. The van der Waals surface area contributed by atoms with E-state index in [2.05, 4.69) is 20.2 Å². The molecule has 0 spiro atoms. The van der Waals surface area contributed by atoms with Crippen molar-refractivity contribution in [1.82, 2.24) is 9.97 Å². The number of hydrogen-bond donors (Lipinski definition) is 1. The molecule has 1 N–H and O–H groups in total. The lowest BCUT2D eigenvalue weighted by Crippen LogP contribution is -2.25. The van der Waals surface area contributed by atoms with Gasteiger partial charge in [-0.25, -0.2) is 9.97 Å². The highest BCUT2D eigenvalue weighted by atomic mass is 35.5. The van der Waals surface area contributed by atoms with Gasteiger partial charge in [0.25, 0.3) is 5.91 Å². The number of benzene rings is 1. The Morgan fingerprint density at radius 2 is 1.88 bits per heavy atom. The highest BCUT2D eigenvalue weighted by Crippen LogP contribution is 2.21. The molecule has 0 saturated carbocycles. The minimum absolute atomic E-state index is 0.237. The number of halogens is 1. The van der Waals surface area contributed by atoms with Crippen LogP contribution >= 0.6 is 11.6 Å². The molecule has 1 fully saturated rings. The first-order chi connectivity index (χ1) is 11.6. The first-order valence-electron chi connectivity index (χ1n) is 8.28. The predicted molar refractivity (Wildman–Crippen MR) is 96.9 cm³/mol. The zero-order chi connectivity index (χ0) is 16.9. The lowest BCUT2D eigenvalue weighted by Gasteiger charge is -2.21. The van der Waals surface area contributed by atoms with Gasteiger partial charge in [-0.1, -0.05) is 24.4 Å². The second-order valence-electron chi connectivity index (χ2n) is 6.08. The van der Waals surface area contributed by atoms with Gasteiger partial charge in [-0.05, 0) is 43.5 Å². The van der Waals surface area contributed by atoms with E-state index in [4.69, 9.17) is 11.6 Å². The van der Waals surface area contributed by atoms with Crippen LogP contribution in [0.5, 0.6) is 0 Å². The van der Waals surface area contributed by atoms with Crippen LogP contribution in [0.25, 0.3) is 0 Å². The van der Waals surface area contributed by atoms with Gasteiger partial charge in [0.05, 0.1) is 0 Å². The number of carbonyl (C=O) groups excluding carboxylic acids is 1. The average Bonchev–Trinajstić information content (AvgIpc) is 2.87. The van der Waals surface area contributed by atoms with E-state index in [0.717, 1.165) is 43.0 Å². The second kappa shape index (κ2) is 7.62. The summed E-state index contributed by atoms with van der Waals surface area (Å²) in [6, 6.07) is 7.14. The lowest BCUT2D eigenvalue weighted by molar-refractivity contribution is 0.102. The standard InChI is InChI=1S/C18H21ClN4O/c1-13-10-14(19)6-7-15(13)22-18(24)16-11-17(21-12-20-16)23-8-4-2-3-5-9-23/h6-7,10-12H,2-5,8-9H2,1H3,(H,22,24). The van der Waals surface area contributed by atoms with E-state index in [1.807, 2.05) is 13.0 Å². The van der Waals surface area contributed by atoms with E-state index in [0.29, 0.717) is 10.7 Å². The van der Waals surface area contributed by atoms with Crippen LogP contribution in [-0.2, 0) is 0 Å². The van der Waals surface area contributed by atoms with Crippen molar-refractivity contribution in [3.63, 3.8) is 0 Å². The summed E-state index contributed by atoms with van der Waals surface area (Å²) in [5.74, 6) is 0.587. The number of hydrogen-bond acceptors (Lipinski definition) is 4. The van der Waals surface area contributed by atoms with E-state index in [9.17, 15) is 4.79 Å². The number of nitrogens with one attached hydrogen (secondary N) is 1. The molecule has 1 amide bonds. The maximum absolute atomic E-state index is 12.5. The minimum atomic E-state index is -0.237. The fourth-order valence-corrected chi connectivity index (χ4v) is 3.12. The molecule has 2 heterocycles. The van der Waals surface area contributed by atoms with Crippen LogP contribution in [0.4, 0.5) is 11.5 Å². The zero-order valence-electron chi connectivity index (χ0n) is 13.8. The molecule has 0 atom stereocenters. The van der Waals surface area contributed by atoms with Crippen molar-refractivity contribution in [2.24, 2.45) is 0 Å². The molecular formula is C18H21ClN4O. The topological polar surface area (TPSA) is 58.1 Å². The smallest absolute Gasteiger partial charge is 0.274 e. The second-order valence-corrected chi connectivity index (χ2v) is 6.51. The van der Waals surface area contributed by atoms with Gasteiger partial charge in [-0.2, -0.15) is 0 Å². The van der Waals surface area contributed by atoms with E-state index in [1.54, 1.807) is 18.2 Å². The Morgan fingerprint density at radius 3 is 2.58 bits per heavy atom. The summed E-state index contributed by atoms with van der Waals surface area (Å²) < 4.78 is 0. The molecule has 1 aliphatic rings. The zero-order valence-corrected chi connectivity index (χ0v) is 14.5. The average molecular weight is 345 g/mol. The third-order valence-electron chi connectivity index (χ3n) is 4.25. The highest BCUT2D eigenvalue weighted by Gasteiger charge is 2.15. The molecule has 126 valence electrons. The molecule has 3 rings (SSSR count). The monoisotopic (exact) mass is 344 g/mol. The van der Waals surface area contributed by atoms with Crippen molar-refractivity contribution in [1.29, 1.82) is 0 Å². The molecule has 5 nitrogen and oxygen atoms in total. The van der Waals surface area contributed by atoms with Crippen LogP contribution in [0.15, 0.2) is 30.6 Å². The molecule has 0 unspecified atom stereocenters. The molecule has 24 heavy (non-hydrogen) atoms. The van der Waals surface area contributed by atoms with Crippen molar-refractivity contribution in [3.05, 3.63) is 46.9 Å². The Balaban J connectivity index is 1.76. The molecule has 0 bridgehead atoms. The third kappa shape index (κ3) is 4.03. The summed E-state index contributed by atoms with van der Waals surface area (Å²) in [7, 11) is 0. The Labute approximate surface area is 147 Å². The van der Waals surface area contributed by atoms with E-state index in [-0.39, 0.29) is 5.91 Å². The number of rotatable bonds is 3. The molecule has 1 aliphatic heterocycles. The summed E-state index contributed by atoms with van der Waals surface area (Å²) >= 11 is 5.95. The Bertz CT molecular complexity index is 727. The fraction of sp³-hybridized carbons (Fsp3) is 0.389. The summed E-state index contributed by atoms with van der Waals surface area (Å²) in [5.41, 5.74) is 2.02. The first kappa shape index (κ1) is 16.7. The predicted octanol–water partition coefficient (Wildman–Crippen LogP) is 4.07. The van der Waals surface area contributed by atoms with Gasteiger partial charge in [0.15, 0.2) is 0 Å². The van der Waals surface area contributed by atoms with Gasteiger partial charge in [0, 0.05) is 29.9 Å². The van der Waals surface area contributed by atoms with E-state index in [1.165, 1.54) is 19.2 Å². The number of nitrogens with zero attached hydrogens (tertiary/aromatic N) is 3. The molecule has 2 aromatic rings. The molecule has 1 saturated heterocycles. The largest absolute Gasteiger partial charge is 0.357 e. The molecule has 0 aliphatic carbocycles. The number of aromatic nitrogens is 2. The van der Waals surface area contributed by atoms with Crippen molar-refractivity contribution < 1.29 is 4.79 Å². The SMILES string of the molecule is Cc1cc(Cl)ccc1NC(=O)c1cc(N2CCCCCC2)ncn1. The van der Waals surface area contributed by atoms with Crippen molar-refractivity contribution in [2.75, 3.05) is 23.3 Å². The van der Waals surface area contributed by atoms with Gasteiger partial charge >= 0.3 is 0 Å². The van der Waals surface area contributed by atoms with Gasteiger partial charge in [-0.15, -0.1) is 0 Å². The highest BCUT2D eigenvalue weighted by molar-refractivity contribution is 6.30. The molecule has 1 aromatic carbocycles. The van der Waals surface area contributed by atoms with Crippen molar-refractivity contribution >= 4 is 29.0 Å². The minimum Gasteiger partial charge on any atom is -0.357 e. The number of anilines is 2. The number of aryl methyl sites for hydroxylation is 1. The summed E-state index contributed by atoms with van der Waals surface area (Å²) in [6.07, 6.45) is 6.30. The third-order valence-corrected chi connectivity index (χ3v) is 4.49.